The van der Waals surface area contributed by atoms with E-state index in [0.717, 1.165) is 167 Å². The van der Waals surface area contributed by atoms with Crippen LogP contribution < -0.4 is 5.32 Å². The predicted molar refractivity (Wildman–Crippen MR) is 542 cm³/mol. The number of nitrogens with zero attached hydrogens (tertiary/aromatic N) is 5. The summed E-state index contributed by atoms with van der Waals surface area (Å²) in [4.78, 5) is 85.3. The molecule has 129 heavy (non-hydrogen) atoms. The van der Waals surface area contributed by atoms with Gasteiger partial charge in [-0.25, -0.2) is 0 Å². The van der Waals surface area contributed by atoms with Crippen LogP contribution in [0.25, 0.3) is 0 Å². The molecule has 0 aromatic carbocycles. The molecule has 0 saturated carbocycles. The van der Waals surface area contributed by atoms with Crippen molar-refractivity contribution < 1.29 is 57.2 Å². The van der Waals surface area contributed by atoms with Gasteiger partial charge in [0, 0.05) is 182 Å². The van der Waals surface area contributed by atoms with Crippen LogP contribution in [0.4, 0.5) is 0 Å². The smallest absolute Gasteiger partial charge is 0.306 e. The number of esters is 6. The summed E-state index contributed by atoms with van der Waals surface area (Å²) in [6.45, 7) is 62.4. The quantitative estimate of drug-likeness (QED) is 0.0344. The molecule has 0 atom stereocenters. The maximum absolute atomic E-state index is 12.4. The minimum Gasteiger partial charge on any atom is -0.462 e. The molecule has 6 saturated heterocycles. The number of likely N-dealkylation sites (tertiary alicyclic amines) is 5. The van der Waals surface area contributed by atoms with Crippen molar-refractivity contribution in [2.75, 3.05) is 35.2 Å². The van der Waals surface area contributed by atoms with Crippen molar-refractivity contribution >= 4 is 35.8 Å². The molecular weight excluding hydrogens is 1610 g/mol. The van der Waals surface area contributed by atoms with Crippen molar-refractivity contribution in [1.29, 1.82) is 0 Å². The minimum absolute atomic E-state index is 0.000267. The third-order valence-corrected chi connectivity index (χ3v) is 30.7. The Bertz CT molecular complexity index is 2950. The van der Waals surface area contributed by atoms with Crippen LogP contribution in [0.3, 0.4) is 0 Å². The Balaban J connectivity index is 0.000000554. The summed E-state index contributed by atoms with van der Waals surface area (Å²) >= 11 is 0. The molecule has 6 aliphatic rings. The molecule has 6 heterocycles. The van der Waals surface area contributed by atoms with Crippen molar-refractivity contribution in [3.63, 3.8) is 0 Å². The Morgan fingerprint density at radius 2 is 0.302 bits per heavy atom. The average Bonchev–Trinajstić information content (AvgIpc) is 0.766. The van der Waals surface area contributed by atoms with E-state index in [1.54, 1.807) is 0 Å². The van der Waals surface area contributed by atoms with Crippen molar-refractivity contribution in [2.45, 2.75) is 644 Å². The van der Waals surface area contributed by atoms with Crippen LogP contribution in [0.2, 0.25) is 0 Å². The zero-order valence-corrected chi connectivity index (χ0v) is 91.3. The summed E-state index contributed by atoms with van der Waals surface area (Å²) in [5.41, 5.74) is 0.626. The van der Waals surface area contributed by atoms with Crippen molar-refractivity contribution in [2.24, 2.45) is 0 Å². The molecule has 0 amide bonds. The van der Waals surface area contributed by atoms with Gasteiger partial charge in [-0.2, -0.15) is 0 Å². The molecule has 0 aromatic heterocycles. The van der Waals surface area contributed by atoms with Crippen LogP contribution >= 0.6 is 0 Å². The van der Waals surface area contributed by atoms with Crippen LogP contribution in [0.1, 0.15) is 541 Å². The Morgan fingerprint density at radius 1 is 0.194 bits per heavy atom. The summed E-state index contributed by atoms with van der Waals surface area (Å²) in [5, 5.41) is 3.63. The number of carbonyl (C=O) groups is 6. The Labute approximate surface area is 797 Å². The zero-order valence-electron chi connectivity index (χ0n) is 91.3. The second-order valence-corrected chi connectivity index (χ2v) is 48.7. The normalized spacial score (nSPS) is 21.9. The number of ether oxygens (including phenoxy) is 6. The summed E-state index contributed by atoms with van der Waals surface area (Å²) in [7, 11) is 10.9. The lowest BCUT2D eigenvalue weighted by Crippen LogP contribution is -2.60. The lowest BCUT2D eigenvalue weighted by atomic mass is 9.78. The lowest BCUT2D eigenvalue weighted by molar-refractivity contribution is -0.160. The highest BCUT2D eigenvalue weighted by atomic mass is 16.6. The van der Waals surface area contributed by atoms with Crippen LogP contribution in [0, 0.1) is 0 Å². The highest BCUT2D eigenvalue weighted by molar-refractivity contribution is 5.71. The van der Waals surface area contributed by atoms with E-state index >= 15 is 0 Å². The Morgan fingerprint density at radius 3 is 0.426 bits per heavy atom. The number of carbonyl (C=O) groups excluding carboxylic acids is 6. The van der Waals surface area contributed by atoms with E-state index in [0.29, 0.717) is 38.5 Å². The highest BCUT2D eigenvalue weighted by Crippen LogP contribution is 2.44. The molecule has 0 radical (unpaired) electrons. The predicted octanol–water partition coefficient (Wildman–Crippen LogP) is 28.2. The van der Waals surface area contributed by atoms with E-state index in [9.17, 15) is 28.8 Å². The van der Waals surface area contributed by atoms with Gasteiger partial charge in [0.15, 0.2) is 0 Å². The van der Waals surface area contributed by atoms with Gasteiger partial charge in [0.2, 0.25) is 0 Å². The van der Waals surface area contributed by atoms with Crippen molar-refractivity contribution in [1.82, 2.24) is 29.8 Å². The lowest BCUT2D eigenvalue weighted by Gasteiger charge is -2.53. The van der Waals surface area contributed by atoms with Gasteiger partial charge < -0.3 is 33.7 Å². The molecule has 6 aliphatic heterocycles. The number of rotatable bonds is 49. The fraction of sp³-hybridized carbons (Fsp3) is 0.946. The second-order valence-electron chi connectivity index (χ2n) is 48.7. The van der Waals surface area contributed by atoms with E-state index in [-0.39, 0.29) is 139 Å². The first-order valence-corrected chi connectivity index (χ1v) is 53.4. The molecule has 0 aliphatic carbocycles. The second kappa shape index (κ2) is 58.3. The summed E-state index contributed by atoms with van der Waals surface area (Å²) < 4.78 is 34.8. The SMILES string of the molecule is CCCCCCCC(=O)OC1CC(C)(C)N(C)C(C)(C)C1.CCCCCCCCCC(=O)OC1CC(C)(C)N(C)C(C)(C)C1.CCCCCCCCCCCC(=O)OC1CC(C)(C)N(C)C(C)(C)C1.CCCCCCCCCCCC(=O)OC1CC(C)(C)NC(C)(C)C1.CN1C(C)(C)CC(OC(=O)CCCCCCCCC(=O)OC2CC(C)(C)N(C)C(C)(C)C2)CC1(C)C. The molecular formula is C111H214N6O12. The largest absolute Gasteiger partial charge is 0.462 e. The van der Waals surface area contributed by atoms with Crippen molar-refractivity contribution in [3.05, 3.63) is 0 Å². The molecule has 18 heteroatoms. The van der Waals surface area contributed by atoms with Gasteiger partial charge >= 0.3 is 35.8 Å². The van der Waals surface area contributed by atoms with Crippen molar-refractivity contribution in [3.8, 4) is 0 Å². The monoisotopic (exact) mass is 1820 g/mol. The fourth-order valence-electron chi connectivity index (χ4n) is 22.1. The van der Waals surface area contributed by atoms with E-state index in [4.69, 9.17) is 28.4 Å². The Kier molecular flexibility index (Phi) is 55.0. The van der Waals surface area contributed by atoms with Crippen LogP contribution in [0.15, 0.2) is 0 Å². The van der Waals surface area contributed by atoms with E-state index in [1.165, 1.54) is 141 Å². The summed E-state index contributed by atoms with van der Waals surface area (Å²) in [5.74, 6) is -0.119. The first kappa shape index (κ1) is 122. The maximum atomic E-state index is 12.4. The fourth-order valence-corrected chi connectivity index (χ4v) is 22.1. The average molecular weight is 1820 g/mol. The van der Waals surface area contributed by atoms with Crippen LogP contribution in [0.5, 0.6) is 0 Å². The molecule has 0 aromatic rings. The highest BCUT2D eigenvalue weighted by Gasteiger charge is 2.50. The minimum atomic E-state index is -0.0563. The molecule has 6 fully saturated rings. The standard InChI is InChI=1S/C30H56N2O4.C22H43NO2.C21H41NO2.C20H39NO2.C18H35NO2/c1-27(2)19-23(20-28(3,4)31(27)9)35-25(33)17-15-13-11-12-14-16-18-26(34)36-24-21-29(5,6)32(10)30(7,8)22-24;1-7-8-9-10-11-12-13-14-15-16-20(24)25-19-17-21(2,3)23(6)22(4,5)18-19;1-6-7-8-9-10-11-12-13-14-15-19(23)24-18-16-20(2,3)22-21(4,5)17-18;1-7-8-9-10-11-12-13-14-18(22)23-17-15-19(2,3)21(6)20(4,5)16-17;1-7-8-9-10-11-12-16(20)21-15-13-17(2,3)19(6)18(4,5)14-15/h23-24H,11-22H2,1-10H3;19H,7-18H2,1-6H3;18,22H,6-17H2,1-5H3;17H,7-16H2,1-6H3;15H,7-14H2,1-6H3. The van der Waals surface area contributed by atoms with E-state index < -0.39 is 0 Å². The van der Waals surface area contributed by atoms with Crippen LogP contribution in [-0.2, 0) is 57.2 Å². The third kappa shape index (κ3) is 48.9. The van der Waals surface area contributed by atoms with Gasteiger partial charge in [-0.15, -0.1) is 0 Å². The van der Waals surface area contributed by atoms with Gasteiger partial charge in [0.25, 0.3) is 0 Å². The Hall–Kier alpha value is -3.42. The van der Waals surface area contributed by atoms with Gasteiger partial charge in [0.05, 0.1) is 0 Å². The summed E-state index contributed by atoms with van der Waals surface area (Å²) in [6.07, 6.45) is 58.0. The first-order valence-electron chi connectivity index (χ1n) is 53.4. The van der Waals surface area contributed by atoms with Gasteiger partial charge in [-0.1, -0.05) is 220 Å². The number of hydrogen-bond donors (Lipinski definition) is 1. The number of unbranched alkanes of at least 4 members (excludes halogenated alkanes) is 31. The van der Waals surface area contributed by atoms with E-state index in [1.807, 2.05) is 0 Å². The molecule has 0 bridgehead atoms. The van der Waals surface area contributed by atoms with Gasteiger partial charge in [0.1, 0.15) is 36.6 Å². The summed E-state index contributed by atoms with van der Waals surface area (Å²) in [6, 6.07) is 0. The van der Waals surface area contributed by atoms with E-state index in [2.05, 4.69) is 259 Å². The number of piperidine rings is 6. The van der Waals surface area contributed by atoms with Gasteiger partial charge in [-0.05, 0) is 240 Å². The molecule has 0 spiro atoms. The third-order valence-electron chi connectivity index (χ3n) is 30.7. The number of hydrogen-bond acceptors (Lipinski definition) is 18. The molecule has 0 unspecified atom stereocenters. The van der Waals surface area contributed by atoms with Crippen LogP contribution in [-0.4, -0.2) is 199 Å². The zero-order chi connectivity index (χ0) is 97.9. The molecule has 760 valence electrons. The maximum Gasteiger partial charge on any atom is 0.306 e. The number of nitrogens with one attached hydrogen (secondary N) is 1. The molecule has 18 nitrogen and oxygen atoms in total. The van der Waals surface area contributed by atoms with Gasteiger partial charge in [-0.3, -0.25) is 53.3 Å². The molecule has 6 rings (SSSR count). The molecule has 1 N–H and O–H groups in total. The topological polar surface area (TPSA) is 186 Å². The first-order chi connectivity index (χ1) is 59.8.